The van der Waals surface area contributed by atoms with Crippen LogP contribution in [0.15, 0.2) is 12.7 Å². The fraction of sp³-hybridized carbons (Fsp3) is 0.778. The molecule has 0 radical (unpaired) electrons. The Hall–Kier alpha value is -0.430. The molecule has 5 nitrogen and oxygen atoms in total. The molecule has 0 aromatic heterocycles. The normalized spacial score (nSPS) is 12.3. The van der Waals surface area contributed by atoms with Crippen LogP contribution in [0, 0.1) is 5.92 Å². The molecule has 0 aliphatic heterocycles. The largest absolute Gasteiger partial charge is 0.395 e. The first-order valence-corrected chi connectivity index (χ1v) is 6.34. The van der Waals surface area contributed by atoms with Crippen molar-refractivity contribution in [3.05, 3.63) is 12.7 Å². The summed E-state index contributed by atoms with van der Waals surface area (Å²) in [5, 5.41) is 8.74. The van der Waals surface area contributed by atoms with Gasteiger partial charge < -0.3 is 5.11 Å². The van der Waals surface area contributed by atoms with Crippen LogP contribution in [0.2, 0.25) is 0 Å². The van der Waals surface area contributed by atoms with Crippen LogP contribution in [-0.2, 0) is 10.2 Å². The van der Waals surface area contributed by atoms with E-state index in [-0.39, 0.29) is 25.6 Å². The van der Waals surface area contributed by atoms with Gasteiger partial charge in [0.05, 0.1) is 6.61 Å². The molecule has 2 N–H and O–H groups in total. The van der Waals surface area contributed by atoms with Crippen molar-refractivity contribution in [3.63, 3.8) is 0 Å². The summed E-state index contributed by atoms with van der Waals surface area (Å²) in [7, 11) is -3.49. The molecule has 6 heteroatoms. The smallest absolute Gasteiger partial charge is 0.279 e. The monoisotopic (exact) mass is 236 g/mol. The molecule has 0 rings (SSSR count). The quantitative estimate of drug-likeness (QED) is 0.581. The first kappa shape index (κ1) is 14.6. The lowest BCUT2D eigenvalue weighted by Gasteiger charge is -2.20. The summed E-state index contributed by atoms with van der Waals surface area (Å²) in [6, 6.07) is 0. The zero-order valence-electron chi connectivity index (χ0n) is 9.31. The minimum Gasteiger partial charge on any atom is -0.395 e. The fourth-order valence-electron chi connectivity index (χ4n) is 0.928. The van der Waals surface area contributed by atoms with Gasteiger partial charge in [0.2, 0.25) is 0 Å². The highest BCUT2D eigenvalue weighted by molar-refractivity contribution is 7.87. The standard InChI is InChI=1S/C9H20N2O3S/c1-4-5-11(6-7-12)15(13,14)10-8-9(2)3/h4,9-10,12H,1,5-8H2,2-3H3. The Morgan fingerprint density at radius 2 is 2.13 bits per heavy atom. The minimum absolute atomic E-state index is 0.0828. The van der Waals surface area contributed by atoms with Crippen LogP contribution >= 0.6 is 0 Å². The van der Waals surface area contributed by atoms with Crippen molar-refractivity contribution < 1.29 is 13.5 Å². The van der Waals surface area contributed by atoms with Gasteiger partial charge in [0.15, 0.2) is 0 Å². The van der Waals surface area contributed by atoms with Crippen molar-refractivity contribution in [1.82, 2.24) is 9.03 Å². The number of hydrogen-bond acceptors (Lipinski definition) is 3. The van der Waals surface area contributed by atoms with E-state index >= 15 is 0 Å². The second-order valence-corrected chi connectivity index (χ2v) is 5.37. The van der Waals surface area contributed by atoms with E-state index in [1.165, 1.54) is 6.08 Å². The maximum atomic E-state index is 11.7. The molecule has 0 amide bonds. The lowest BCUT2D eigenvalue weighted by molar-refractivity contribution is 0.259. The third-order valence-corrected chi connectivity index (χ3v) is 3.24. The van der Waals surface area contributed by atoms with Crippen molar-refractivity contribution in [2.75, 3.05) is 26.2 Å². The highest BCUT2D eigenvalue weighted by atomic mass is 32.2. The van der Waals surface area contributed by atoms with E-state index in [2.05, 4.69) is 11.3 Å². The third-order valence-electron chi connectivity index (χ3n) is 1.70. The number of nitrogens with zero attached hydrogens (tertiary/aromatic N) is 1. The molecular weight excluding hydrogens is 216 g/mol. The summed E-state index contributed by atoms with van der Waals surface area (Å²) >= 11 is 0. The first-order valence-electron chi connectivity index (χ1n) is 4.90. The van der Waals surface area contributed by atoms with Crippen LogP contribution in [-0.4, -0.2) is 44.1 Å². The van der Waals surface area contributed by atoms with E-state index in [0.717, 1.165) is 4.31 Å². The number of nitrogens with one attached hydrogen (secondary N) is 1. The highest BCUT2D eigenvalue weighted by Crippen LogP contribution is 1.99. The second-order valence-electron chi connectivity index (χ2n) is 3.62. The van der Waals surface area contributed by atoms with Crippen molar-refractivity contribution in [1.29, 1.82) is 0 Å². The fourth-order valence-corrected chi connectivity index (χ4v) is 2.28. The SMILES string of the molecule is C=CCN(CCO)S(=O)(=O)NCC(C)C. The van der Waals surface area contributed by atoms with Crippen molar-refractivity contribution in [3.8, 4) is 0 Å². The van der Waals surface area contributed by atoms with Crippen LogP contribution in [0.4, 0.5) is 0 Å². The Morgan fingerprint density at radius 3 is 2.53 bits per heavy atom. The summed E-state index contributed by atoms with van der Waals surface area (Å²) in [6.07, 6.45) is 1.49. The summed E-state index contributed by atoms with van der Waals surface area (Å²) in [6.45, 7) is 7.80. The molecule has 15 heavy (non-hydrogen) atoms. The topological polar surface area (TPSA) is 69.6 Å². The minimum atomic E-state index is -3.49. The Labute approximate surface area is 92.0 Å². The Balaban J connectivity index is 4.42. The average molecular weight is 236 g/mol. The summed E-state index contributed by atoms with van der Waals surface area (Å²) < 4.78 is 27.0. The van der Waals surface area contributed by atoms with Gasteiger partial charge in [-0.3, -0.25) is 0 Å². The molecule has 0 bridgehead atoms. The molecule has 0 heterocycles. The molecule has 0 aromatic carbocycles. The van der Waals surface area contributed by atoms with E-state index in [9.17, 15) is 8.42 Å². The number of aliphatic hydroxyl groups excluding tert-OH is 1. The average Bonchev–Trinajstić information content (AvgIpc) is 2.15. The number of rotatable bonds is 8. The molecule has 0 saturated heterocycles. The van der Waals surface area contributed by atoms with Gasteiger partial charge in [-0.2, -0.15) is 12.7 Å². The lowest BCUT2D eigenvalue weighted by Crippen LogP contribution is -2.43. The molecule has 0 aliphatic rings. The zero-order valence-corrected chi connectivity index (χ0v) is 10.1. The summed E-state index contributed by atoms with van der Waals surface area (Å²) in [5.74, 6) is 0.250. The van der Waals surface area contributed by atoms with E-state index in [4.69, 9.17) is 5.11 Å². The number of aliphatic hydroxyl groups is 1. The molecule has 0 unspecified atom stereocenters. The molecule has 0 spiro atoms. The molecule has 0 saturated carbocycles. The van der Waals surface area contributed by atoms with E-state index < -0.39 is 10.2 Å². The maximum Gasteiger partial charge on any atom is 0.279 e. The molecular formula is C9H20N2O3S. The lowest BCUT2D eigenvalue weighted by atomic mass is 10.2. The van der Waals surface area contributed by atoms with Gasteiger partial charge >= 0.3 is 0 Å². The van der Waals surface area contributed by atoms with Crippen LogP contribution in [0.3, 0.4) is 0 Å². The van der Waals surface area contributed by atoms with Gasteiger partial charge in [0.25, 0.3) is 10.2 Å². The van der Waals surface area contributed by atoms with Crippen molar-refractivity contribution >= 4 is 10.2 Å². The first-order chi connectivity index (χ1) is 6.94. The van der Waals surface area contributed by atoms with E-state index in [1.54, 1.807) is 0 Å². The van der Waals surface area contributed by atoms with Gasteiger partial charge in [0.1, 0.15) is 0 Å². The molecule has 90 valence electrons. The predicted molar refractivity (Wildman–Crippen MR) is 60.6 cm³/mol. The second kappa shape index (κ2) is 6.95. The zero-order chi connectivity index (χ0) is 11.9. The van der Waals surface area contributed by atoms with Crippen molar-refractivity contribution in [2.45, 2.75) is 13.8 Å². The van der Waals surface area contributed by atoms with Gasteiger partial charge in [-0.15, -0.1) is 6.58 Å². The van der Waals surface area contributed by atoms with Crippen molar-refractivity contribution in [2.24, 2.45) is 5.92 Å². The van der Waals surface area contributed by atoms with Gasteiger partial charge in [0, 0.05) is 19.6 Å². The van der Waals surface area contributed by atoms with Crippen LogP contribution in [0.1, 0.15) is 13.8 Å². The molecule has 0 fully saturated rings. The van der Waals surface area contributed by atoms with E-state index in [0.29, 0.717) is 6.54 Å². The Morgan fingerprint density at radius 1 is 1.53 bits per heavy atom. The maximum absolute atomic E-state index is 11.7. The van der Waals surface area contributed by atoms with Crippen LogP contribution in [0.5, 0.6) is 0 Å². The van der Waals surface area contributed by atoms with Crippen LogP contribution < -0.4 is 4.72 Å². The predicted octanol–water partition coefficient (Wildman–Crippen LogP) is -0.0429. The highest BCUT2D eigenvalue weighted by Gasteiger charge is 2.19. The van der Waals surface area contributed by atoms with Crippen LogP contribution in [0.25, 0.3) is 0 Å². The van der Waals surface area contributed by atoms with Gasteiger partial charge in [-0.1, -0.05) is 19.9 Å². The summed E-state index contributed by atoms with van der Waals surface area (Å²) in [5.41, 5.74) is 0. The number of hydrogen-bond donors (Lipinski definition) is 2. The van der Waals surface area contributed by atoms with Gasteiger partial charge in [-0.25, -0.2) is 4.72 Å². The third kappa shape index (κ3) is 5.88. The Kier molecular flexibility index (Phi) is 6.75. The molecule has 0 aliphatic carbocycles. The van der Waals surface area contributed by atoms with E-state index in [1.807, 2.05) is 13.8 Å². The molecule has 0 aromatic rings. The molecule has 0 atom stereocenters. The van der Waals surface area contributed by atoms with Gasteiger partial charge in [-0.05, 0) is 5.92 Å². The Bertz CT molecular complexity index is 275. The summed E-state index contributed by atoms with van der Waals surface area (Å²) in [4.78, 5) is 0.